The largest absolute Gasteiger partial charge is 0.350 e. The molecule has 0 amide bonds. The molecule has 0 aliphatic heterocycles. The minimum atomic E-state index is -0.855. The zero-order valence-corrected chi connectivity index (χ0v) is 28.7. The van der Waals surface area contributed by atoms with Crippen molar-refractivity contribution in [1.29, 1.82) is 0 Å². The molecule has 9 nitrogen and oxygen atoms in total. The molecule has 0 bridgehead atoms. The summed E-state index contributed by atoms with van der Waals surface area (Å²) in [4.78, 5) is 18.6. The molecule has 10 heteroatoms. The summed E-state index contributed by atoms with van der Waals surface area (Å²) in [6, 6.07) is 48.3. The first-order valence-electron chi connectivity index (χ1n) is 16.9. The van der Waals surface area contributed by atoms with Gasteiger partial charge in [-0.3, -0.25) is 0 Å². The first-order valence-corrected chi connectivity index (χ1v) is 17.3. The van der Waals surface area contributed by atoms with Crippen molar-refractivity contribution in [3.63, 3.8) is 0 Å². The summed E-state index contributed by atoms with van der Waals surface area (Å²) in [7, 11) is 0. The molecule has 3 heterocycles. The van der Waals surface area contributed by atoms with Gasteiger partial charge in [-0.1, -0.05) is 146 Å². The van der Waals surface area contributed by atoms with Gasteiger partial charge in [-0.15, -0.1) is 5.10 Å². The molecule has 0 atom stereocenters. The van der Waals surface area contributed by atoms with E-state index in [1.165, 1.54) is 0 Å². The molecule has 8 aromatic rings. The highest BCUT2D eigenvalue weighted by Gasteiger charge is 2.42. The van der Waals surface area contributed by atoms with Gasteiger partial charge in [0.1, 0.15) is 5.54 Å². The number of fused-ring (bicyclic) bond motifs is 1. The number of imidazole rings is 1. The van der Waals surface area contributed by atoms with E-state index in [-0.39, 0.29) is 5.28 Å². The number of aromatic nitrogens is 8. The van der Waals surface area contributed by atoms with E-state index in [1.807, 2.05) is 28.9 Å². The van der Waals surface area contributed by atoms with E-state index in [9.17, 15) is 0 Å². The number of hydrogen-bond acceptors (Lipinski definition) is 7. The van der Waals surface area contributed by atoms with E-state index >= 15 is 0 Å². The van der Waals surface area contributed by atoms with Crippen LogP contribution in [0.3, 0.4) is 0 Å². The van der Waals surface area contributed by atoms with Crippen LogP contribution in [-0.4, -0.2) is 46.7 Å². The number of rotatable bonds is 11. The molecule has 0 aliphatic rings. The Morgan fingerprint density at radius 3 is 1.90 bits per heavy atom. The van der Waals surface area contributed by atoms with Crippen molar-refractivity contribution in [2.75, 3.05) is 11.4 Å². The average molecular weight is 688 g/mol. The monoisotopic (exact) mass is 687 g/mol. The lowest BCUT2D eigenvalue weighted by molar-refractivity contribution is 0.451. The van der Waals surface area contributed by atoms with Crippen molar-refractivity contribution in [3.05, 3.63) is 173 Å². The quantitative estimate of drug-likeness (QED) is 0.107. The van der Waals surface area contributed by atoms with Crippen molar-refractivity contribution in [3.8, 4) is 22.5 Å². The van der Waals surface area contributed by atoms with E-state index in [0.29, 0.717) is 29.4 Å². The fourth-order valence-electron chi connectivity index (χ4n) is 6.97. The molecule has 8 rings (SSSR count). The number of anilines is 1. The number of aromatic amines is 1. The van der Waals surface area contributed by atoms with Crippen LogP contribution in [0.4, 0.5) is 5.82 Å². The Morgan fingerprint density at radius 2 is 1.29 bits per heavy atom. The number of nitrogens with one attached hydrogen (secondary N) is 1. The Balaban J connectivity index is 1.21. The Kier molecular flexibility index (Phi) is 8.78. The van der Waals surface area contributed by atoms with Gasteiger partial charge in [0.2, 0.25) is 5.28 Å². The Labute approximate surface area is 300 Å². The van der Waals surface area contributed by atoms with Crippen molar-refractivity contribution >= 4 is 28.6 Å². The minimum Gasteiger partial charge on any atom is -0.350 e. The number of H-pyrrole nitrogens is 1. The highest BCUT2D eigenvalue weighted by molar-refractivity contribution is 6.28. The van der Waals surface area contributed by atoms with Gasteiger partial charge < -0.3 is 9.88 Å². The highest BCUT2D eigenvalue weighted by Crippen LogP contribution is 2.43. The number of hydrogen-bond donors (Lipinski definition) is 1. The van der Waals surface area contributed by atoms with Crippen LogP contribution in [0.15, 0.2) is 146 Å². The molecule has 250 valence electrons. The lowest BCUT2D eigenvalue weighted by Crippen LogP contribution is -2.39. The van der Waals surface area contributed by atoms with Gasteiger partial charge in [0.15, 0.2) is 22.8 Å². The summed E-state index contributed by atoms with van der Waals surface area (Å²) in [6.45, 7) is 3.57. The maximum atomic E-state index is 6.30. The van der Waals surface area contributed by atoms with E-state index in [0.717, 1.165) is 51.9 Å². The van der Waals surface area contributed by atoms with Gasteiger partial charge in [0.05, 0.1) is 6.33 Å². The molecule has 0 spiro atoms. The smallest absolute Gasteiger partial charge is 0.226 e. The molecule has 0 radical (unpaired) electrons. The van der Waals surface area contributed by atoms with Gasteiger partial charge in [-0.2, -0.15) is 9.97 Å². The van der Waals surface area contributed by atoms with Crippen molar-refractivity contribution < 1.29 is 0 Å². The van der Waals surface area contributed by atoms with Crippen LogP contribution in [0, 0.1) is 0 Å². The maximum absolute atomic E-state index is 6.30. The summed E-state index contributed by atoms with van der Waals surface area (Å²) in [5.41, 5.74) is 7.74. The van der Waals surface area contributed by atoms with Gasteiger partial charge in [0.25, 0.3) is 0 Å². The first-order chi connectivity index (χ1) is 25.2. The van der Waals surface area contributed by atoms with Gasteiger partial charge >= 0.3 is 0 Å². The predicted molar refractivity (Wildman–Crippen MR) is 201 cm³/mol. The highest BCUT2D eigenvalue weighted by atomic mass is 35.5. The van der Waals surface area contributed by atoms with E-state index in [1.54, 1.807) is 6.33 Å². The zero-order valence-electron chi connectivity index (χ0n) is 27.9. The molecule has 3 aromatic heterocycles. The number of nitrogens with zero attached hydrogens (tertiary/aromatic N) is 8. The SMILES string of the molecule is CCCN(Cc1ccc(-c2ccccc2-c2nnnn2C(c2ccccc2)(c2ccccc2)c2ccccc2)cc1)c1nc(Cl)nc2[nH]cnc12. The second-order valence-electron chi connectivity index (χ2n) is 12.3. The van der Waals surface area contributed by atoms with Gasteiger partial charge in [0, 0.05) is 18.7 Å². The third kappa shape index (κ3) is 5.91. The molecule has 1 N–H and O–H groups in total. The summed E-state index contributed by atoms with van der Waals surface area (Å²) in [5, 5.41) is 14.0. The van der Waals surface area contributed by atoms with Crippen LogP contribution >= 0.6 is 11.6 Å². The number of halogens is 1. The van der Waals surface area contributed by atoms with E-state index < -0.39 is 5.54 Å². The zero-order chi connectivity index (χ0) is 34.6. The maximum Gasteiger partial charge on any atom is 0.226 e. The molecule has 0 saturated heterocycles. The summed E-state index contributed by atoms with van der Waals surface area (Å²) in [6.07, 6.45) is 2.56. The van der Waals surface area contributed by atoms with E-state index in [2.05, 4.69) is 152 Å². The Bertz CT molecular complexity index is 2280. The van der Waals surface area contributed by atoms with Crippen molar-refractivity contribution in [2.24, 2.45) is 0 Å². The van der Waals surface area contributed by atoms with Crippen LogP contribution in [0.25, 0.3) is 33.7 Å². The molecular weight excluding hydrogens is 654 g/mol. The van der Waals surface area contributed by atoms with E-state index in [4.69, 9.17) is 21.9 Å². The fraction of sp³-hybridized carbons (Fsp3) is 0.122. The van der Waals surface area contributed by atoms with Crippen molar-refractivity contribution in [1.82, 2.24) is 40.1 Å². The summed E-state index contributed by atoms with van der Waals surface area (Å²) in [5.74, 6) is 1.37. The molecule has 51 heavy (non-hydrogen) atoms. The lowest BCUT2D eigenvalue weighted by Gasteiger charge is -2.36. The minimum absolute atomic E-state index is 0.188. The van der Waals surface area contributed by atoms with Crippen LogP contribution in [-0.2, 0) is 12.1 Å². The van der Waals surface area contributed by atoms with Crippen LogP contribution in [0.5, 0.6) is 0 Å². The van der Waals surface area contributed by atoms with Gasteiger partial charge in [-0.05, 0) is 61.8 Å². The molecule has 0 unspecified atom stereocenters. The third-order valence-corrected chi connectivity index (χ3v) is 9.36. The second-order valence-corrected chi connectivity index (χ2v) is 12.6. The Morgan fingerprint density at radius 1 is 0.706 bits per heavy atom. The third-order valence-electron chi connectivity index (χ3n) is 9.19. The molecular formula is C41H34ClN9. The average Bonchev–Trinajstić information content (AvgIpc) is 3.87. The summed E-state index contributed by atoms with van der Waals surface area (Å²) >= 11 is 6.30. The normalized spacial score (nSPS) is 11.6. The molecule has 0 fully saturated rings. The van der Waals surface area contributed by atoms with Crippen LogP contribution in [0.2, 0.25) is 5.28 Å². The molecule has 0 saturated carbocycles. The molecule has 5 aromatic carbocycles. The predicted octanol–water partition coefficient (Wildman–Crippen LogP) is 8.58. The fourth-order valence-corrected chi connectivity index (χ4v) is 7.13. The standard InChI is InChI=1S/C41H34ClN9/c1-2-26-50(39-36-37(44-28-43-36)45-40(42)46-39)27-29-22-24-30(25-23-29)34-20-12-13-21-35(34)38-47-48-49-51(38)41(31-14-6-3-7-15-31,32-16-8-4-9-17-32)33-18-10-5-11-19-33/h3-25,28H,2,26-27H2,1H3,(H,43,44,45,46). The number of tetrazole rings is 1. The van der Waals surface area contributed by atoms with Crippen molar-refractivity contribution in [2.45, 2.75) is 25.4 Å². The van der Waals surface area contributed by atoms with Crippen LogP contribution in [0.1, 0.15) is 35.6 Å². The van der Waals surface area contributed by atoms with Crippen LogP contribution < -0.4 is 4.90 Å². The lowest BCUT2D eigenvalue weighted by atomic mass is 9.77. The van der Waals surface area contributed by atoms with Gasteiger partial charge in [-0.25, -0.2) is 9.67 Å². The first kappa shape index (κ1) is 32.0. The second kappa shape index (κ2) is 14.0. The molecule has 0 aliphatic carbocycles. The number of benzene rings is 5. The summed E-state index contributed by atoms with van der Waals surface area (Å²) < 4.78 is 1.98. The Hall–Kier alpha value is -6.19. The topological polar surface area (TPSA) is 101 Å².